The molecule has 0 saturated carbocycles. The summed E-state index contributed by atoms with van der Waals surface area (Å²) in [4.78, 5) is 18.9. The minimum atomic E-state index is -0.349. The Morgan fingerprint density at radius 2 is 1.65 bits per heavy atom. The summed E-state index contributed by atoms with van der Waals surface area (Å²) >= 11 is 0. The molecule has 2 atom stereocenters. The second kappa shape index (κ2) is 10.1. The van der Waals surface area contributed by atoms with Crippen molar-refractivity contribution in [2.24, 2.45) is 0 Å². The number of likely N-dealkylation sites (N-methyl/N-ethyl adjacent to an activating group) is 1. The maximum absolute atomic E-state index is 14.8. The van der Waals surface area contributed by atoms with Gasteiger partial charge in [0.1, 0.15) is 11.6 Å². The lowest BCUT2D eigenvalue weighted by Crippen LogP contribution is -2.44. The number of carbonyl (C=O) groups excluding carboxylic acids is 1. The fourth-order valence-corrected chi connectivity index (χ4v) is 3.96. The van der Waals surface area contributed by atoms with Gasteiger partial charge in [-0.05, 0) is 63.2 Å². The van der Waals surface area contributed by atoms with Crippen molar-refractivity contribution in [2.75, 3.05) is 44.7 Å². The molecule has 7 heteroatoms. The topological polar surface area (TPSA) is 38.8 Å². The number of piperazine rings is 1. The summed E-state index contributed by atoms with van der Waals surface area (Å²) in [6.45, 7) is 9.56. The number of hydrogen-bond acceptors (Lipinski definition) is 3. The Balaban J connectivity index is 1.66. The predicted molar refractivity (Wildman–Crippen MR) is 120 cm³/mol. The molecule has 2 aromatic carbocycles. The predicted octanol–water partition coefficient (Wildman–Crippen LogP) is 4.57. The summed E-state index contributed by atoms with van der Waals surface area (Å²) in [5, 5.41) is 2.97. The Kier molecular flexibility index (Phi) is 7.49. The molecule has 168 valence electrons. The molecule has 2 aromatic rings. The summed E-state index contributed by atoms with van der Waals surface area (Å²) in [6, 6.07) is 10.5. The zero-order chi connectivity index (χ0) is 22.5. The van der Waals surface area contributed by atoms with Crippen LogP contribution >= 0.6 is 0 Å². The number of hydrogen-bond donors (Lipinski definition) is 1. The minimum absolute atomic E-state index is 0.214. The zero-order valence-corrected chi connectivity index (χ0v) is 18.7. The van der Waals surface area contributed by atoms with Gasteiger partial charge in [0.15, 0.2) is 0 Å². The van der Waals surface area contributed by atoms with Crippen LogP contribution in [0.2, 0.25) is 0 Å². The SMILES string of the molecule is CCN(C(=O)NC(C)c1ccc(N2CCN(C)CC2)c(F)c1)C(C)c1ccc(F)cc1. The first-order valence-corrected chi connectivity index (χ1v) is 10.9. The van der Waals surface area contributed by atoms with E-state index in [1.165, 1.54) is 18.2 Å². The number of amides is 2. The van der Waals surface area contributed by atoms with Gasteiger partial charge in [0, 0.05) is 32.7 Å². The highest BCUT2D eigenvalue weighted by molar-refractivity contribution is 5.75. The van der Waals surface area contributed by atoms with Crippen LogP contribution in [0.3, 0.4) is 0 Å². The quantitative estimate of drug-likeness (QED) is 0.730. The van der Waals surface area contributed by atoms with E-state index in [2.05, 4.69) is 22.2 Å². The maximum Gasteiger partial charge on any atom is 0.318 e. The molecule has 0 bridgehead atoms. The Bertz CT molecular complexity index is 882. The number of urea groups is 1. The molecule has 0 aliphatic carbocycles. The van der Waals surface area contributed by atoms with E-state index in [0.29, 0.717) is 17.8 Å². The van der Waals surface area contributed by atoms with Crippen molar-refractivity contribution < 1.29 is 13.6 Å². The standard InChI is InChI=1S/C24H32F2N4O/c1-5-30(18(3)19-6-9-21(25)10-7-19)24(31)27-17(2)20-8-11-23(22(26)16-20)29-14-12-28(4)13-15-29/h6-11,16-18H,5,12-15H2,1-4H3,(H,27,31). The van der Waals surface area contributed by atoms with Crippen LogP contribution in [0.4, 0.5) is 19.3 Å². The van der Waals surface area contributed by atoms with Gasteiger partial charge in [-0.2, -0.15) is 0 Å². The molecule has 1 saturated heterocycles. The first-order chi connectivity index (χ1) is 14.8. The van der Waals surface area contributed by atoms with Gasteiger partial charge in [-0.1, -0.05) is 18.2 Å². The highest BCUT2D eigenvalue weighted by atomic mass is 19.1. The average molecular weight is 431 g/mol. The van der Waals surface area contributed by atoms with Gasteiger partial charge in [0.25, 0.3) is 0 Å². The highest BCUT2D eigenvalue weighted by Gasteiger charge is 2.23. The van der Waals surface area contributed by atoms with E-state index in [9.17, 15) is 13.6 Å². The molecule has 1 aliphatic heterocycles. The van der Waals surface area contributed by atoms with E-state index in [-0.39, 0.29) is 29.7 Å². The monoisotopic (exact) mass is 430 g/mol. The third kappa shape index (κ3) is 5.53. The Hall–Kier alpha value is -2.67. The van der Waals surface area contributed by atoms with E-state index in [4.69, 9.17) is 0 Å². The van der Waals surface area contributed by atoms with E-state index in [1.54, 1.807) is 23.1 Å². The van der Waals surface area contributed by atoms with Gasteiger partial charge >= 0.3 is 6.03 Å². The normalized spacial score (nSPS) is 16.6. The van der Waals surface area contributed by atoms with Gasteiger partial charge in [-0.15, -0.1) is 0 Å². The molecule has 31 heavy (non-hydrogen) atoms. The average Bonchev–Trinajstić information content (AvgIpc) is 2.75. The fraction of sp³-hybridized carbons (Fsp3) is 0.458. The number of halogens is 2. The van der Waals surface area contributed by atoms with Gasteiger partial charge in [0.05, 0.1) is 17.8 Å². The molecule has 3 rings (SSSR count). The summed E-state index contributed by atoms with van der Waals surface area (Å²) in [6.07, 6.45) is 0. The number of benzene rings is 2. The molecular weight excluding hydrogens is 398 g/mol. The third-order valence-electron chi connectivity index (χ3n) is 6.08. The lowest BCUT2D eigenvalue weighted by Gasteiger charge is -2.34. The van der Waals surface area contributed by atoms with Crippen LogP contribution in [-0.2, 0) is 0 Å². The minimum Gasteiger partial charge on any atom is -0.367 e. The number of rotatable bonds is 6. The van der Waals surface area contributed by atoms with Gasteiger partial charge < -0.3 is 20.0 Å². The van der Waals surface area contributed by atoms with Crippen molar-refractivity contribution in [1.82, 2.24) is 15.1 Å². The van der Waals surface area contributed by atoms with E-state index >= 15 is 0 Å². The molecule has 2 unspecified atom stereocenters. The Morgan fingerprint density at radius 1 is 1.03 bits per heavy atom. The number of nitrogens with zero attached hydrogens (tertiary/aromatic N) is 3. The first-order valence-electron chi connectivity index (χ1n) is 10.9. The van der Waals surface area contributed by atoms with Crippen LogP contribution in [-0.4, -0.2) is 55.6 Å². The van der Waals surface area contributed by atoms with E-state index in [0.717, 1.165) is 31.7 Å². The van der Waals surface area contributed by atoms with Crippen molar-refractivity contribution in [3.63, 3.8) is 0 Å². The van der Waals surface area contributed by atoms with Crippen LogP contribution in [0.5, 0.6) is 0 Å². The van der Waals surface area contributed by atoms with E-state index in [1.807, 2.05) is 26.8 Å². The van der Waals surface area contributed by atoms with Crippen LogP contribution in [0.25, 0.3) is 0 Å². The molecule has 5 nitrogen and oxygen atoms in total. The van der Waals surface area contributed by atoms with Crippen molar-refractivity contribution in [3.8, 4) is 0 Å². The second-order valence-corrected chi connectivity index (χ2v) is 8.19. The molecule has 1 fully saturated rings. The summed E-state index contributed by atoms with van der Waals surface area (Å²) < 4.78 is 28.0. The molecule has 0 radical (unpaired) electrons. The second-order valence-electron chi connectivity index (χ2n) is 8.19. The lowest BCUT2D eigenvalue weighted by atomic mass is 10.1. The van der Waals surface area contributed by atoms with Gasteiger partial charge in [-0.25, -0.2) is 13.6 Å². The number of anilines is 1. The Morgan fingerprint density at radius 3 is 2.23 bits per heavy atom. The number of nitrogens with one attached hydrogen (secondary N) is 1. The van der Waals surface area contributed by atoms with Crippen molar-refractivity contribution in [2.45, 2.75) is 32.9 Å². The van der Waals surface area contributed by atoms with Crippen LogP contribution < -0.4 is 10.2 Å². The van der Waals surface area contributed by atoms with Crippen molar-refractivity contribution in [3.05, 3.63) is 65.2 Å². The molecule has 1 heterocycles. The first kappa shape index (κ1) is 23.0. The molecular formula is C24H32F2N4O. The summed E-state index contributed by atoms with van der Waals surface area (Å²) in [7, 11) is 2.07. The van der Waals surface area contributed by atoms with Gasteiger partial charge in [-0.3, -0.25) is 0 Å². The largest absolute Gasteiger partial charge is 0.367 e. The van der Waals surface area contributed by atoms with E-state index < -0.39 is 0 Å². The van der Waals surface area contributed by atoms with Gasteiger partial charge in [0.2, 0.25) is 0 Å². The van der Waals surface area contributed by atoms with Crippen molar-refractivity contribution in [1.29, 1.82) is 0 Å². The maximum atomic E-state index is 14.8. The lowest BCUT2D eigenvalue weighted by molar-refractivity contribution is 0.179. The summed E-state index contributed by atoms with van der Waals surface area (Å²) in [5.41, 5.74) is 2.18. The molecule has 1 aliphatic rings. The summed E-state index contributed by atoms with van der Waals surface area (Å²) in [5.74, 6) is -0.575. The molecule has 1 N–H and O–H groups in total. The number of carbonyl (C=O) groups is 1. The molecule has 0 spiro atoms. The zero-order valence-electron chi connectivity index (χ0n) is 18.7. The van der Waals surface area contributed by atoms with Crippen LogP contribution in [0, 0.1) is 11.6 Å². The molecule has 0 aromatic heterocycles. The highest BCUT2D eigenvalue weighted by Crippen LogP contribution is 2.26. The van der Waals surface area contributed by atoms with Crippen LogP contribution in [0.15, 0.2) is 42.5 Å². The van der Waals surface area contributed by atoms with Crippen LogP contribution in [0.1, 0.15) is 44.0 Å². The van der Waals surface area contributed by atoms with Crippen molar-refractivity contribution >= 4 is 11.7 Å². The molecule has 2 amide bonds. The Labute approximate surface area is 183 Å². The third-order valence-corrected chi connectivity index (χ3v) is 6.08. The smallest absolute Gasteiger partial charge is 0.318 e. The fourth-order valence-electron chi connectivity index (χ4n) is 3.96.